The first-order valence-electron chi connectivity index (χ1n) is 5.64. The first-order chi connectivity index (χ1) is 9.51. The number of benzene rings is 2. The Labute approximate surface area is 120 Å². The summed E-state index contributed by atoms with van der Waals surface area (Å²) in [5.74, 6) is 0.617. The van der Waals surface area contributed by atoms with Gasteiger partial charge in [0, 0.05) is 12.1 Å². The molecule has 2 rings (SSSR count). The number of hydrogen-bond acceptors (Lipinski definition) is 4. The van der Waals surface area contributed by atoms with Crippen LogP contribution in [0.3, 0.4) is 0 Å². The Morgan fingerprint density at radius 3 is 2.55 bits per heavy atom. The van der Waals surface area contributed by atoms with Crippen LogP contribution in [0.5, 0.6) is 11.5 Å². The number of nitro groups is 1. The van der Waals surface area contributed by atoms with Gasteiger partial charge in [-0.3, -0.25) is 10.1 Å². The molecule has 0 bridgehead atoms. The van der Waals surface area contributed by atoms with Gasteiger partial charge in [-0.25, -0.2) is 0 Å². The second kappa shape index (κ2) is 5.59. The molecule has 2 aromatic rings. The summed E-state index contributed by atoms with van der Waals surface area (Å²) in [4.78, 5) is 10.1. The molecule has 5 nitrogen and oxygen atoms in total. The van der Waals surface area contributed by atoms with Gasteiger partial charge in [-0.05, 0) is 30.7 Å². The van der Waals surface area contributed by atoms with Crippen molar-refractivity contribution in [3.63, 3.8) is 0 Å². The normalized spacial score (nSPS) is 9.85. The predicted molar refractivity (Wildman–Crippen MR) is 74.1 cm³/mol. The lowest BCUT2D eigenvalue weighted by atomic mass is 10.1. The highest BCUT2D eigenvalue weighted by Crippen LogP contribution is 2.33. The van der Waals surface area contributed by atoms with E-state index in [4.69, 9.17) is 21.6 Å². The highest BCUT2D eigenvalue weighted by atomic mass is 35.5. The van der Waals surface area contributed by atoms with Crippen LogP contribution in [0.1, 0.15) is 11.1 Å². The third kappa shape index (κ3) is 2.87. The highest BCUT2D eigenvalue weighted by Gasteiger charge is 2.12. The molecular weight excluding hydrogens is 280 g/mol. The molecule has 2 aromatic carbocycles. The van der Waals surface area contributed by atoms with Gasteiger partial charge in [0.25, 0.3) is 5.69 Å². The predicted octanol–water partition coefficient (Wildman–Crippen LogP) is 4.22. The van der Waals surface area contributed by atoms with E-state index in [1.807, 2.05) is 13.0 Å². The van der Waals surface area contributed by atoms with Gasteiger partial charge in [-0.15, -0.1) is 0 Å². The Morgan fingerprint density at radius 1 is 1.25 bits per heavy atom. The van der Waals surface area contributed by atoms with Crippen molar-refractivity contribution in [2.45, 2.75) is 6.92 Å². The minimum atomic E-state index is -0.539. The molecule has 0 aliphatic rings. The molecule has 0 saturated heterocycles. The quantitative estimate of drug-likeness (QED) is 0.626. The summed E-state index contributed by atoms with van der Waals surface area (Å²) < 4.78 is 5.54. The van der Waals surface area contributed by atoms with Crippen molar-refractivity contribution >= 4 is 17.3 Å². The van der Waals surface area contributed by atoms with Crippen molar-refractivity contribution in [3.8, 4) is 17.6 Å². The number of nitro benzene ring substituents is 1. The van der Waals surface area contributed by atoms with Crippen LogP contribution in [-0.4, -0.2) is 4.92 Å². The van der Waals surface area contributed by atoms with Crippen molar-refractivity contribution in [2.75, 3.05) is 0 Å². The molecule has 0 radical (unpaired) electrons. The molecule has 0 aromatic heterocycles. The summed E-state index contributed by atoms with van der Waals surface area (Å²) in [6, 6.07) is 11.1. The van der Waals surface area contributed by atoms with Gasteiger partial charge < -0.3 is 4.74 Å². The summed E-state index contributed by atoms with van der Waals surface area (Å²) in [5, 5.41) is 19.8. The monoisotopic (exact) mass is 288 g/mol. The standard InChI is InChI=1S/C14H9ClN2O3/c1-9-2-4-13(10(6-9)8-16)20-14-5-3-11(17(18)19)7-12(14)15/h2-7H,1H3. The van der Waals surface area contributed by atoms with Crippen molar-refractivity contribution < 1.29 is 9.66 Å². The third-order valence-electron chi connectivity index (χ3n) is 2.60. The Morgan fingerprint density at radius 2 is 1.95 bits per heavy atom. The molecule has 0 amide bonds. The fourth-order valence-corrected chi connectivity index (χ4v) is 1.84. The molecule has 0 unspecified atom stereocenters. The van der Waals surface area contributed by atoms with Gasteiger partial charge in [0.1, 0.15) is 17.6 Å². The SMILES string of the molecule is Cc1ccc(Oc2ccc([N+](=O)[O-])cc2Cl)c(C#N)c1. The van der Waals surface area contributed by atoms with Crippen molar-refractivity contribution in [1.29, 1.82) is 5.26 Å². The number of non-ortho nitro benzene ring substituents is 1. The van der Waals surface area contributed by atoms with Crippen LogP contribution in [0.4, 0.5) is 5.69 Å². The molecule has 0 aliphatic carbocycles. The minimum Gasteiger partial charge on any atom is -0.454 e. The van der Waals surface area contributed by atoms with E-state index in [9.17, 15) is 10.1 Å². The Kier molecular flexibility index (Phi) is 3.87. The van der Waals surface area contributed by atoms with Gasteiger partial charge in [0.05, 0.1) is 15.5 Å². The molecular formula is C14H9ClN2O3. The first kappa shape index (κ1) is 13.8. The lowest BCUT2D eigenvalue weighted by Crippen LogP contribution is -1.92. The van der Waals surface area contributed by atoms with Gasteiger partial charge in [0.2, 0.25) is 0 Å². The fraction of sp³-hybridized carbons (Fsp3) is 0.0714. The van der Waals surface area contributed by atoms with Crippen molar-refractivity contribution in [3.05, 3.63) is 62.7 Å². The molecule has 20 heavy (non-hydrogen) atoms. The zero-order valence-corrected chi connectivity index (χ0v) is 11.2. The smallest absolute Gasteiger partial charge is 0.271 e. The van der Waals surface area contributed by atoms with Crippen LogP contribution in [0.25, 0.3) is 0 Å². The number of halogens is 1. The number of rotatable bonds is 3. The summed E-state index contributed by atoms with van der Waals surface area (Å²) in [7, 11) is 0. The maximum Gasteiger partial charge on any atom is 0.271 e. The first-order valence-corrected chi connectivity index (χ1v) is 6.01. The van der Waals surface area contributed by atoms with E-state index in [1.54, 1.807) is 18.2 Å². The van der Waals surface area contributed by atoms with Crippen LogP contribution in [0, 0.1) is 28.4 Å². The second-order valence-corrected chi connectivity index (χ2v) is 4.49. The molecule has 0 aliphatic heterocycles. The molecule has 0 heterocycles. The number of nitrogens with zero attached hydrogens (tertiary/aromatic N) is 2. The fourth-order valence-electron chi connectivity index (χ4n) is 1.62. The third-order valence-corrected chi connectivity index (χ3v) is 2.90. The van der Waals surface area contributed by atoms with Crippen molar-refractivity contribution in [2.24, 2.45) is 0 Å². The number of aryl methyl sites for hydroxylation is 1. The maximum absolute atomic E-state index is 10.6. The van der Waals surface area contributed by atoms with Crippen LogP contribution >= 0.6 is 11.6 Å². The lowest BCUT2D eigenvalue weighted by molar-refractivity contribution is -0.384. The van der Waals surface area contributed by atoms with Crippen molar-refractivity contribution in [1.82, 2.24) is 0 Å². The molecule has 0 spiro atoms. The van der Waals surface area contributed by atoms with E-state index in [0.717, 1.165) is 5.56 Å². The number of ether oxygens (including phenoxy) is 1. The minimum absolute atomic E-state index is 0.115. The van der Waals surface area contributed by atoms with Gasteiger partial charge >= 0.3 is 0 Å². The van der Waals surface area contributed by atoms with E-state index >= 15 is 0 Å². The summed E-state index contributed by atoms with van der Waals surface area (Å²) in [5.41, 5.74) is 1.19. The lowest BCUT2D eigenvalue weighted by Gasteiger charge is -2.09. The van der Waals surface area contributed by atoms with Crippen LogP contribution in [0.2, 0.25) is 5.02 Å². The summed E-state index contributed by atoms with van der Waals surface area (Å²) in [6.45, 7) is 1.86. The second-order valence-electron chi connectivity index (χ2n) is 4.09. The largest absolute Gasteiger partial charge is 0.454 e. The van der Waals surface area contributed by atoms with Gasteiger partial charge in [0.15, 0.2) is 0 Å². The Hall–Kier alpha value is -2.58. The summed E-state index contributed by atoms with van der Waals surface area (Å²) in [6.07, 6.45) is 0. The Bertz CT molecular complexity index is 723. The molecule has 0 atom stereocenters. The zero-order valence-electron chi connectivity index (χ0n) is 10.5. The van der Waals surface area contributed by atoms with E-state index in [-0.39, 0.29) is 16.5 Å². The van der Waals surface area contributed by atoms with E-state index in [2.05, 4.69) is 0 Å². The Balaban J connectivity index is 2.36. The highest BCUT2D eigenvalue weighted by molar-refractivity contribution is 6.32. The zero-order chi connectivity index (χ0) is 14.7. The number of hydrogen-bond donors (Lipinski definition) is 0. The van der Waals surface area contributed by atoms with Crippen LogP contribution in [0.15, 0.2) is 36.4 Å². The molecule has 0 saturated carbocycles. The van der Waals surface area contributed by atoms with Gasteiger partial charge in [-0.2, -0.15) is 5.26 Å². The average molecular weight is 289 g/mol. The molecule has 100 valence electrons. The van der Waals surface area contributed by atoms with E-state index in [0.29, 0.717) is 11.3 Å². The summed E-state index contributed by atoms with van der Waals surface area (Å²) >= 11 is 5.94. The van der Waals surface area contributed by atoms with E-state index in [1.165, 1.54) is 18.2 Å². The maximum atomic E-state index is 10.6. The topological polar surface area (TPSA) is 76.2 Å². The van der Waals surface area contributed by atoms with Crippen LogP contribution in [-0.2, 0) is 0 Å². The molecule has 6 heteroatoms. The number of nitriles is 1. The van der Waals surface area contributed by atoms with Crippen LogP contribution < -0.4 is 4.74 Å². The molecule has 0 N–H and O–H groups in total. The van der Waals surface area contributed by atoms with Gasteiger partial charge in [-0.1, -0.05) is 17.7 Å². The average Bonchev–Trinajstić information content (AvgIpc) is 2.42. The molecule has 0 fully saturated rings. The van der Waals surface area contributed by atoms with E-state index < -0.39 is 4.92 Å².